The van der Waals surface area contributed by atoms with E-state index in [2.05, 4.69) is 4.85 Å². The van der Waals surface area contributed by atoms with Crippen molar-refractivity contribution in [1.29, 1.82) is 0 Å². The van der Waals surface area contributed by atoms with Crippen LogP contribution in [-0.4, -0.2) is 0 Å². The minimum Gasteiger partial charge on any atom is -0.324 e. The Morgan fingerprint density at radius 1 is 1.58 bits per heavy atom. The molecule has 0 saturated heterocycles. The third-order valence-electron chi connectivity index (χ3n) is 1.62. The molecule has 0 radical (unpaired) electrons. The summed E-state index contributed by atoms with van der Waals surface area (Å²) in [5.41, 5.74) is 5.92. The first-order valence-electron chi connectivity index (χ1n) is 3.58. The van der Waals surface area contributed by atoms with Crippen LogP contribution in [0.4, 0.5) is 10.1 Å². The van der Waals surface area contributed by atoms with Gasteiger partial charge in [0, 0.05) is 6.04 Å². The second kappa shape index (κ2) is 3.33. The van der Waals surface area contributed by atoms with Gasteiger partial charge >= 0.3 is 0 Å². The van der Waals surface area contributed by atoms with Crippen molar-refractivity contribution in [2.24, 2.45) is 5.73 Å². The second-order valence-electron chi connectivity index (χ2n) is 2.58. The zero-order valence-electron chi connectivity index (χ0n) is 6.71. The van der Waals surface area contributed by atoms with Crippen LogP contribution >= 0.6 is 0 Å². The van der Waals surface area contributed by atoms with E-state index in [9.17, 15) is 4.39 Å². The molecule has 1 atom stereocenters. The van der Waals surface area contributed by atoms with Crippen molar-refractivity contribution in [3.63, 3.8) is 0 Å². The van der Waals surface area contributed by atoms with Gasteiger partial charge in [-0.25, -0.2) is 9.24 Å². The Morgan fingerprint density at radius 3 is 2.75 bits per heavy atom. The lowest BCUT2D eigenvalue weighted by Crippen LogP contribution is -2.06. The average Bonchev–Trinajstić information content (AvgIpc) is 2.04. The van der Waals surface area contributed by atoms with Crippen LogP contribution in [0.2, 0.25) is 0 Å². The minimum absolute atomic E-state index is 0.0322. The van der Waals surface area contributed by atoms with Gasteiger partial charge in [-0.1, -0.05) is 18.2 Å². The van der Waals surface area contributed by atoms with E-state index in [1.54, 1.807) is 19.1 Å². The largest absolute Gasteiger partial charge is 0.324 e. The molecule has 0 saturated carbocycles. The van der Waals surface area contributed by atoms with Gasteiger partial charge < -0.3 is 5.73 Å². The van der Waals surface area contributed by atoms with Gasteiger partial charge in [-0.3, -0.25) is 0 Å². The summed E-state index contributed by atoms with van der Waals surface area (Å²) in [5.74, 6) is -0.498. The fourth-order valence-corrected chi connectivity index (χ4v) is 0.975. The van der Waals surface area contributed by atoms with Crippen LogP contribution in [-0.2, 0) is 0 Å². The van der Waals surface area contributed by atoms with Crippen LogP contribution in [0.1, 0.15) is 18.5 Å². The predicted octanol–water partition coefficient (Wildman–Crippen LogP) is 2.40. The molecule has 0 aromatic heterocycles. The van der Waals surface area contributed by atoms with Crippen LogP contribution in [0, 0.1) is 12.4 Å². The Labute approximate surface area is 70.6 Å². The van der Waals surface area contributed by atoms with Crippen molar-refractivity contribution in [1.82, 2.24) is 0 Å². The van der Waals surface area contributed by atoms with Gasteiger partial charge in [0.05, 0.1) is 6.57 Å². The second-order valence-corrected chi connectivity index (χ2v) is 2.58. The number of benzene rings is 1. The lowest BCUT2D eigenvalue weighted by atomic mass is 10.1. The molecule has 0 amide bonds. The Kier molecular flexibility index (Phi) is 2.41. The van der Waals surface area contributed by atoms with Crippen LogP contribution in [0.5, 0.6) is 0 Å². The SMILES string of the molecule is [C-]#[N+]c1cccc([C@@H](C)N)c1F. The van der Waals surface area contributed by atoms with Gasteiger partial charge in [0.25, 0.3) is 0 Å². The summed E-state index contributed by atoms with van der Waals surface area (Å²) in [7, 11) is 0. The van der Waals surface area contributed by atoms with E-state index in [-0.39, 0.29) is 11.7 Å². The molecule has 1 rings (SSSR count). The molecule has 0 spiro atoms. The molecular weight excluding hydrogens is 155 g/mol. The third-order valence-corrected chi connectivity index (χ3v) is 1.62. The lowest BCUT2D eigenvalue weighted by Gasteiger charge is -2.06. The smallest absolute Gasteiger partial charge is 0.222 e. The van der Waals surface area contributed by atoms with Crippen LogP contribution in [0.15, 0.2) is 18.2 Å². The molecule has 2 N–H and O–H groups in total. The van der Waals surface area contributed by atoms with Crippen LogP contribution in [0.25, 0.3) is 4.85 Å². The predicted molar refractivity (Wildman–Crippen MR) is 45.3 cm³/mol. The fourth-order valence-electron chi connectivity index (χ4n) is 0.975. The lowest BCUT2D eigenvalue weighted by molar-refractivity contribution is 0.599. The number of nitrogens with two attached hydrogens (primary N) is 1. The summed E-state index contributed by atoms with van der Waals surface area (Å²) in [6.45, 7) is 8.35. The number of halogens is 1. The van der Waals surface area contributed by atoms with E-state index in [1.807, 2.05) is 0 Å². The monoisotopic (exact) mass is 164 g/mol. The van der Waals surface area contributed by atoms with E-state index in [1.165, 1.54) is 6.07 Å². The topological polar surface area (TPSA) is 30.4 Å². The Balaban J connectivity index is 3.25. The van der Waals surface area contributed by atoms with Crippen molar-refractivity contribution in [2.45, 2.75) is 13.0 Å². The highest BCUT2D eigenvalue weighted by Crippen LogP contribution is 2.23. The summed E-state index contributed by atoms with van der Waals surface area (Å²) in [6, 6.07) is 4.30. The normalized spacial score (nSPS) is 12.2. The highest BCUT2D eigenvalue weighted by molar-refractivity contribution is 5.49. The van der Waals surface area contributed by atoms with Gasteiger partial charge in [0.2, 0.25) is 5.69 Å². The van der Waals surface area contributed by atoms with Gasteiger partial charge in [0.15, 0.2) is 0 Å². The molecular formula is C9H9FN2. The first kappa shape index (κ1) is 8.69. The average molecular weight is 164 g/mol. The first-order chi connectivity index (χ1) is 5.66. The van der Waals surface area contributed by atoms with E-state index >= 15 is 0 Å². The summed E-state index contributed by atoms with van der Waals surface area (Å²) < 4.78 is 13.2. The van der Waals surface area contributed by atoms with Gasteiger partial charge in [0.1, 0.15) is 5.82 Å². The zero-order valence-corrected chi connectivity index (χ0v) is 6.71. The number of rotatable bonds is 1. The van der Waals surface area contributed by atoms with Crippen molar-refractivity contribution in [3.8, 4) is 0 Å². The first-order valence-corrected chi connectivity index (χ1v) is 3.58. The highest BCUT2D eigenvalue weighted by atomic mass is 19.1. The zero-order chi connectivity index (χ0) is 9.14. The van der Waals surface area contributed by atoms with Crippen LogP contribution < -0.4 is 5.73 Å². The number of nitrogens with zero attached hydrogens (tertiary/aromatic N) is 1. The summed E-state index contributed by atoms with van der Waals surface area (Å²) in [5, 5.41) is 0. The summed E-state index contributed by atoms with van der Waals surface area (Å²) in [6.07, 6.45) is 0. The van der Waals surface area contributed by atoms with Crippen molar-refractivity contribution in [3.05, 3.63) is 41.0 Å². The molecule has 0 heterocycles. The fraction of sp³-hybridized carbons (Fsp3) is 0.222. The molecule has 62 valence electrons. The highest BCUT2D eigenvalue weighted by Gasteiger charge is 2.09. The quantitative estimate of drug-likeness (QED) is 0.634. The molecule has 0 fully saturated rings. The van der Waals surface area contributed by atoms with E-state index in [0.29, 0.717) is 5.56 Å². The molecule has 3 heteroatoms. The van der Waals surface area contributed by atoms with Gasteiger partial charge in [-0.2, -0.15) is 0 Å². The van der Waals surface area contributed by atoms with Gasteiger partial charge in [-0.15, -0.1) is 0 Å². The maximum absolute atomic E-state index is 13.2. The van der Waals surface area contributed by atoms with Crippen LogP contribution in [0.3, 0.4) is 0 Å². The Bertz CT molecular complexity index is 326. The third kappa shape index (κ3) is 1.44. The number of hydrogen-bond donors (Lipinski definition) is 1. The van der Waals surface area contributed by atoms with Crippen molar-refractivity contribution < 1.29 is 4.39 Å². The van der Waals surface area contributed by atoms with Gasteiger partial charge in [-0.05, 0) is 12.5 Å². The van der Waals surface area contributed by atoms with Crippen molar-refractivity contribution >= 4 is 5.69 Å². The molecule has 1 aromatic carbocycles. The molecule has 12 heavy (non-hydrogen) atoms. The molecule has 0 unspecified atom stereocenters. The maximum Gasteiger partial charge on any atom is 0.222 e. The molecule has 1 aromatic rings. The summed E-state index contributed by atoms with van der Waals surface area (Å²) >= 11 is 0. The molecule has 0 aliphatic carbocycles. The standard InChI is InChI=1S/C9H9FN2/c1-6(11)7-4-3-5-8(12-2)9(7)10/h3-6H,11H2,1H3/t6-/m1/s1. The number of hydrogen-bond acceptors (Lipinski definition) is 1. The molecule has 2 nitrogen and oxygen atoms in total. The van der Waals surface area contributed by atoms with E-state index in [4.69, 9.17) is 12.3 Å². The maximum atomic E-state index is 13.2. The Hall–Kier alpha value is -1.40. The molecule has 0 aliphatic heterocycles. The molecule has 0 bridgehead atoms. The molecule has 0 aliphatic rings. The Morgan fingerprint density at radius 2 is 2.25 bits per heavy atom. The van der Waals surface area contributed by atoms with Crippen molar-refractivity contribution in [2.75, 3.05) is 0 Å². The van der Waals surface area contributed by atoms with E-state index < -0.39 is 5.82 Å². The minimum atomic E-state index is -0.498. The van der Waals surface area contributed by atoms with E-state index in [0.717, 1.165) is 0 Å². The summed E-state index contributed by atoms with van der Waals surface area (Å²) in [4.78, 5) is 3.03.